The van der Waals surface area contributed by atoms with Crippen molar-refractivity contribution in [3.05, 3.63) is 50.6 Å². The lowest BCUT2D eigenvalue weighted by molar-refractivity contribution is -0.363. The average Bonchev–Trinajstić information content (AvgIpc) is 3.02. The monoisotopic (exact) mass is 712 g/mol. The minimum Gasteiger partial charge on any atom is -0.457 e. The fourth-order valence-electron chi connectivity index (χ4n) is 4.93. The highest BCUT2D eigenvalue weighted by Crippen LogP contribution is 2.36. The first-order valence-electron chi connectivity index (χ1n) is 16.6. The first-order valence-corrected chi connectivity index (χ1v) is 16.6. The lowest BCUT2D eigenvalue weighted by Crippen LogP contribution is -2.67. The molecule has 2 saturated heterocycles. The summed E-state index contributed by atoms with van der Waals surface area (Å²) in [6, 6.07) is 0. The van der Waals surface area contributed by atoms with E-state index in [1.54, 1.807) is 41.5 Å². The standard InChI is InChI=1S/C36H56O14/c1-12-16-41-20-23-26(27(43-18-14-3)29(31(38)46-23)49-33(39)35(6,7)8)48-32-30(50-34(40)36(9,10)11)28(44-19-15-4)25(45-22(5)37)24(47-32)21-42-17-13-2/h12-15,23-32,38H,1-4,16-21H2,5-11H3/t23-,24-,25+,26+,27+,28+,29-,30-,31-,32+/m1/s1. The maximum Gasteiger partial charge on any atom is 0.311 e. The van der Waals surface area contributed by atoms with Gasteiger partial charge in [0.05, 0.1) is 50.5 Å². The van der Waals surface area contributed by atoms with Gasteiger partial charge in [-0.2, -0.15) is 0 Å². The summed E-state index contributed by atoms with van der Waals surface area (Å²) in [6.07, 6.45) is -6.48. The summed E-state index contributed by atoms with van der Waals surface area (Å²) in [7, 11) is 0. The Morgan fingerprint density at radius 3 is 1.50 bits per heavy atom. The zero-order valence-corrected chi connectivity index (χ0v) is 30.4. The Hall–Kier alpha value is -2.95. The van der Waals surface area contributed by atoms with Crippen LogP contribution in [-0.2, 0) is 61.8 Å². The molecule has 0 radical (unpaired) electrons. The van der Waals surface area contributed by atoms with Gasteiger partial charge in [0.15, 0.2) is 30.9 Å². The van der Waals surface area contributed by atoms with Gasteiger partial charge in [-0.25, -0.2) is 0 Å². The van der Waals surface area contributed by atoms with E-state index >= 15 is 0 Å². The van der Waals surface area contributed by atoms with Gasteiger partial charge in [-0.05, 0) is 41.5 Å². The largest absolute Gasteiger partial charge is 0.457 e. The van der Waals surface area contributed by atoms with Crippen molar-refractivity contribution < 1.29 is 66.9 Å². The molecule has 0 aromatic heterocycles. The van der Waals surface area contributed by atoms with Gasteiger partial charge in [0.25, 0.3) is 0 Å². The van der Waals surface area contributed by atoms with E-state index in [1.165, 1.54) is 31.2 Å². The van der Waals surface area contributed by atoms with Crippen molar-refractivity contribution in [2.45, 2.75) is 110 Å². The topological polar surface area (TPSA) is 164 Å². The second-order valence-corrected chi connectivity index (χ2v) is 13.8. The Kier molecular flexibility index (Phi) is 17.4. The number of rotatable bonds is 19. The fourth-order valence-corrected chi connectivity index (χ4v) is 4.93. The van der Waals surface area contributed by atoms with E-state index in [4.69, 9.17) is 47.4 Å². The van der Waals surface area contributed by atoms with Gasteiger partial charge in [0, 0.05) is 6.92 Å². The maximum atomic E-state index is 13.4. The molecule has 10 atom stereocenters. The Labute approximate surface area is 295 Å². The van der Waals surface area contributed by atoms with Crippen molar-refractivity contribution in [3.8, 4) is 0 Å². The number of aliphatic hydroxyl groups is 1. The number of aliphatic hydroxyl groups excluding tert-OH is 1. The molecule has 0 bridgehead atoms. The van der Waals surface area contributed by atoms with Crippen LogP contribution in [0.15, 0.2) is 50.6 Å². The SMILES string of the molecule is C=CCOC[C@H]1O[C@@H](O)[C@H](OC(=O)C(C)(C)C)[C@@H](OCC=C)[C@H]1O[C@@H]1O[C@H](COCC=C)[C@H](OC(C)=O)[C@H](OCC=C)[C@H]1OC(=O)C(C)(C)C. The number of hydrogen-bond donors (Lipinski definition) is 1. The van der Waals surface area contributed by atoms with Gasteiger partial charge in [0.1, 0.15) is 30.5 Å². The highest BCUT2D eigenvalue weighted by Gasteiger charge is 2.56. The summed E-state index contributed by atoms with van der Waals surface area (Å²) >= 11 is 0. The van der Waals surface area contributed by atoms with Gasteiger partial charge < -0.3 is 52.5 Å². The predicted molar refractivity (Wildman–Crippen MR) is 181 cm³/mol. The Balaban J connectivity index is 2.73. The zero-order valence-electron chi connectivity index (χ0n) is 30.4. The van der Waals surface area contributed by atoms with Crippen molar-refractivity contribution in [2.75, 3.05) is 39.6 Å². The summed E-state index contributed by atoms with van der Waals surface area (Å²) < 4.78 is 60.1. The predicted octanol–water partition coefficient (Wildman–Crippen LogP) is 3.21. The van der Waals surface area contributed by atoms with E-state index in [2.05, 4.69) is 26.3 Å². The molecule has 14 nitrogen and oxygen atoms in total. The maximum absolute atomic E-state index is 13.4. The van der Waals surface area contributed by atoms with E-state index in [0.29, 0.717) is 0 Å². The third-order valence-corrected chi connectivity index (χ3v) is 7.35. The summed E-state index contributed by atoms with van der Waals surface area (Å²) in [5.41, 5.74) is -1.92. The quantitative estimate of drug-likeness (QED) is 0.0899. The Morgan fingerprint density at radius 1 is 0.620 bits per heavy atom. The van der Waals surface area contributed by atoms with Crippen molar-refractivity contribution in [1.29, 1.82) is 0 Å². The smallest absolute Gasteiger partial charge is 0.311 e. The van der Waals surface area contributed by atoms with Gasteiger partial charge in [-0.3, -0.25) is 14.4 Å². The lowest BCUT2D eigenvalue weighted by Gasteiger charge is -2.49. The first kappa shape index (κ1) is 43.2. The van der Waals surface area contributed by atoms with Crippen molar-refractivity contribution in [2.24, 2.45) is 10.8 Å². The van der Waals surface area contributed by atoms with Crippen LogP contribution in [0.5, 0.6) is 0 Å². The van der Waals surface area contributed by atoms with Crippen molar-refractivity contribution in [1.82, 2.24) is 0 Å². The molecule has 0 spiro atoms. The van der Waals surface area contributed by atoms with E-state index in [1.807, 2.05) is 0 Å². The molecule has 0 aromatic rings. The van der Waals surface area contributed by atoms with Crippen LogP contribution in [0.4, 0.5) is 0 Å². The van der Waals surface area contributed by atoms with Crippen LogP contribution in [0.25, 0.3) is 0 Å². The molecular formula is C36H56O14. The van der Waals surface area contributed by atoms with Crippen LogP contribution in [0, 0.1) is 10.8 Å². The Bertz CT molecular complexity index is 1140. The lowest BCUT2D eigenvalue weighted by atomic mass is 9.94. The normalized spacial score (nSPS) is 30.1. The first-order chi connectivity index (χ1) is 23.5. The third-order valence-electron chi connectivity index (χ3n) is 7.35. The average molecular weight is 713 g/mol. The highest BCUT2D eigenvalue weighted by molar-refractivity contribution is 5.76. The highest BCUT2D eigenvalue weighted by atomic mass is 16.8. The number of ether oxygens (including phenoxy) is 10. The van der Waals surface area contributed by atoms with Gasteiger partial charge in [-0.15, -0.1) is 26.3 Å². The molecule has 0 aliphatic carbocycles. The number of carbonyl (C=O) groups is 3. The molecule has 14 heteroatoms. The molecule has 2 aliphatic rings. The summed E-state index contributed by atoms with van der Waals surface area (Å²) in [5.74, 6) is -1.91. The number of carbonyl (C=O) groups excluding carboxylic acids is 3. The van der Waals surface area contributed by atoms with Crippen LogP contribution in [0.1, 0.15) is 48.5 Å². The molecule has 0 amide bonds. The molecule has 2 fully saturated rings. The molecular weight excluding hydrogens is 656 g/mol. The summed E-state index contributed by atoms with van der Waals surface area (Å²) in [5, 5.41) is 11.1. The second kappa shape index (κ2) is 20.2. The molecule has 50 heavy (non-hydrogen) atoms. The molecule has 0 aromatic carbocycles. The van der Waals surface area contributed by atoms with Crippen LogP contribution in [0.3, 0.4) is 0 Å². The van der Waals surface area contributed by atoms with E-state index in [9.17, 15) is 19.5 Å². The van der Waals surface area contributed by atoms with Gasteiger partial charge >= 0.3 is 17.9 Å². The van der Waals surface area contributed by atoms with Gasteiger partial charge in [-0.1, -0.05) is 24.3 Å². The number of esters is 3. The van der Waals surface area contributed by atoms with Crippen LogP contribution >= 0.6 is 0 Å². The van der Waals surface area contributed by atoms with Crippen molar-refractivity contribution >= 4 is 17.9 Å². The summed E-state index contributed by atoms with van der Waals surface area (Å²) in [6.45, 7) is 26.0. The van der Waals surface area contributed by atoms with Gasteiger partial charge in [0.2, 0.25) is 0 Å². The van der Waals surface area contributed by atoms with E-state index in [0.717, 1.165) is 0 Å². The molecule has 2 aliphatic heterocycles. The van der Waals surface area contributed by atoms with Crippen LogP contribution in [0.2, 0.25) is 0 Å². The molecule has 1 N–H and O–H groups in total. The zero-order chi connectivity index (χ0) is 37.6. The molecule has 0 unspecified atom stereocenters. The van der Waals surface area contributed by atoms with Crippen LogP contribution in [-0.4, -0.2) is 124 Å². The van der Waals surface area contributed by atoms with E-state index < -0.39 is 90.1 Å². The van der Waals surface area contributed by atoms with Crippen LogP contribution < -0.4 is 0 Å². The second-order valence-electron chi connectivity index (χ2n) is 13.8. The molecule has 2 rings (SSSR count). The summed E-state index contributed by atoms with van der Waals surface area (Å²) in [4.78, 5) is 38.9. The fraction of sp³-hybridized carbons (Fsp3) is 0.694. The third kappa shape index (κ3) is 12.7. The minimum atomic E-state index is -1.65. The van der Waals surface area contributed by atoms with E-state index in [-0.39, 0.29) is 39.6 Å². The molecule has 284 valence electrons. The number of hydrogen-bond acceptors (Lipinski definition) is 14. The minimum absolute atomic E-state index is 0.0222. The molecule has 2 heterocycles. The molecule has 0 saturated carbocycles. The van der Waals surface area contributed by atoms with Crippen molar-refractivity contribution in [3.63, 3.8) is 0 Å². The Morgan fingerprint density at radius 2 is 1.06 bits per heavy atom.